The van der Waals surface area contributed by atoms with Crippen LogP contribution in [0.4, 0.5) is 5.13 Å². The normalized spacial score (nSPS) is 11.3. The van der Waals surface area contributed by atoms with Crippen molar-refractivity contribution in [3.05, 3.63) is 57.3 Å². The van der Waals surface area contributed by atoms with Gasteiger partial charge in [-0.25, -0.2) is 0 Å². The van der Waals surface area contributed by atoms with Crippen molar-refractivity contribution >= 4 is 40.1 Å². The molecule has 1 aromatic carbocycles. The van der Waals surface area contributed by atoms with Crippen LogP contribution in [0.5, 0.6) is 0 Å². The first kappa shape index (κ1) is 19.8. The summed E-state index contributed by atoms with van der Waals surface area (Å²) in [4.78, 5) is 12.4. The lowest BCUT2D eigenvalue weighted by molar-refractivity contribution is -0.112. The first-order chi connectivity index (χ1) is 13.5. The van der Waals surface area contributed by atoms with E-state index in [2.05, 4.69) is 15.5 Å². The maximum absolute atomic E-state index is 12.4. The Bertz CT molecular complexity index is 1080. The Hall–Kier alpha value is -2.95. The van der Waals surface area contributed by atoms with Crippen molar-refractivity contribution in [2.24, 2.45) is 0 Å². The van der Waals surface area contributed by atoms with Crippen LogP contribution < -0.4 is 5.32 Å². The van der Waals surface area contributed by atoms with Gasteiger partial charge in [-0.3, -0.25) is 10.1 Å². The van der Waals surface area contributed by atoms with Crippen molar-refractivity contribution in [1.29, 1.82) is 5.26 Å². The average molecular weight is 413 g/mol. The van der Waals surface area contributed by atoms with E-state index in [0.717, 1.165) is 29.0 Å². The van der Waals surface area contributed by atoms with Crippen molar-refractivity contribution in [2.75, 3.05) is 5.32 Å². The fraction of sp³-hybridized carbons (Fsp3) is 0.200. The van der Waals surface area contributed by atoms with E-state index in [1.807, 2.05) is 38.1 Å². The van der Waals surface area contributed by atoms with Gasteiger partial charge in [-0.2, -0.15) is 5.26 Å². The zero-order valence-electron chi connectivity index (χ0n) is 15.3. The van der Waals surface area contributed by atoms with Gasteiger partial charge < -0.3 is 4.42 Å². The number of rotatable bonds is 6. The second-order valence-corrected chi connectivity index (χ2v) is 7.51. The second-order valence-electron chi connectivity index (χ2n) is 6.04. The molecule has 1 N–H and O–H groups in total. The monoisotopic (exact) mass is 412 g/mol. The van der Waals surface area contributed by atoms with Crippen molar-refractivity contribution in [2.45, 2.75) is 26.7 Å². The SMILES string of the molecule is CCCc1nnc(NC(=O)/C(C#N)=C\c2ccc(-c3ccc(C)c(Cl)c3)o2)s1. The summed E-state index contributed by atoms with van der Waals surface area (Å²) in [5, 5.41) is 21.7. The minimum Gasteiger partial charge on any atom is -0.457 e. The number of halogens is 1. The topological polar surface area (TPSA) is 91.8 Å². The van der Waals surface area contributed by atoms with Gasteiger partial charge in [0.05, 0.1) is 0 Å². The Kier molecular flexibility index (Phi) is 6.24. The third-order valence-corrected chi connectivity index (χ3v) is 5.19. The number of nitriles is 1. The van der Waals surface area contributed by atoms with Crippen molar-refractivity contribution in [1.82, 2.24) is 10.2 Å². The number of nitrogens with one attached hydrogen (secondary N) is 1. The molecule has 0 atom stereocenters. The fourth-order valence-corrected chi connectivity index (χ4v) is 3.42. The molecule has 0 aliphatic rings. The summed E-state index contributed by atoms with van der Waals surface area (Å²) in [6.45, 7) is 3.96. The fourth-order valence-electron chi connectivity index (χ4n) is 2.41. The molecule has 0 saturated heterocycles. The summed E-state index contributed by atoms with van der Waals surface area (Å²) < 4.78 is 5.74. The highest BCUT2D eigenvalue weighted by Gasteiger charge is 2.14. The Morgan fingerprint density at radius 2 is 2.18 bits per heavy atom. The molecule has 0 saturated carbocycles. The van der Waals surface area contributed by atoms with E-state index in [-0.39, 0.29) is 5.57 Å². The summed E-state index contributed by atoms with van der Waals surface area (Å²) in [6, 6.07) is 11.0. The van der Waals surface area contributed by atoms with Crippen LogP contribution in [0.2, 0.25) is 5.02 Å². The molecule has 0 spiro atoms. The molecule has 0 unspecified atom stereocenters. The molecule has 1 amide bonds. The molecule has 0 radical (unpaired) electrons. The van der Waals surface area contributed by atoms with Crippen molar-refractivity contribution in [3.63, 3.8) is 0 Å². The molecular weight excluding hydrogens is 396 g/mol. The molecule has 142 valence electrons. The van der Waals surface area contributed by atoms with Crippen LogP contribution in [-0.2, 0) is 11.2 Å². The van der Waals surface area contributed by atoms with Gasteiger partial charge in [0.15, 0.2) is 0 Å². The van der Waals surface area contributed by atoms with E-state index in [1.54, 1.807) is 12.1 Å². The van der Waals surface area contributed by atoms with Crippen LogP contribution in [0.15, 0.2) is 40.3 Å². The van der Waals surface area contributed by atoms with E-state index >= 15 is 0 Å². The number of aromatic nitrogens is 2. The number of hydrogen-bond donors (Lipinski definition) is 1. The molecule has 28 heavy (non-hydrogen) atoms. The van der Waals surface area contributed by atoms with E-state index in [4.69, 9.17) is 16.0 Å². The van der Waals surface area contributed by atoms with Crippen LogP contribution in [0.1, 0.15) is 29.7 Å². The Balaban J connectivity index is 1.76. The van der Waals surface area contributed by atoms with Gasteiger partial charge in [-0.1, -0.05) is 42.0 Å². The van der Waals surface area contributed by atoms with Gasteiger partial charge in [0.1, 0.15) is 28.2 Å². The van der Waals surface area contributed by atoms with Crippen LogP contribution in [-0.4, -0.2) is 16.1 Å². The lowest BCUT2D eigenvalue weighted by Gasteiger charge is -2.01. The third kappa shape index (κ3) is 4.66. The summed E-state index contributed by atoms with van der Waals surface area (Å²) in [5.41, 5.74) is 1.70. The molecular formula is C20H17ClN4O2S. The summed E-state index contributed by atoms with van der Waals surface area (Å²) in [7, 11) is 0. The summed E-state index contributed by atoms with van der Waals surface area (Å²) >= 11 is 7.45. The van der Waals surface area contributed by atoms with Crippen LogP contribution in [0, 0.1) is 18.3 Å². The number of carbonyl (C=O) groups is 1. The lowest BCUT2D eigenvalue weighted by Crippen LogP contribution is -2.13. The van der Waals surface area contributed by atoms with Gasteiger partial charge in [-0.15, -0.1) is 10.2 Å². The maximum Gasteiger partial charge on any atom is 0.268 e. The smallest absolute Gasteiger partial charge is 0.268 e. The first-order valence-electron chi connectivity index (χ1n) is 8.62. The summed E-state index contributed by atoms with van der Waals surface area (Å²) in [6.07, 6.45) is 3.13. The largest absolute Gasteiger partial charge is 0.457 e. The predicted octanol–water partition coefficient (Wildman–Crippen LogP) is 5.26. The second kappa shape index (κ2) is 8.83. The lowest BCUT2D eigenvalue weighted by atomic mass is 10.1. The van der Waals surface area contributed by atoms with Gasteiger partial charge in [0.2, 0.25) is 5.13 Å². The number of furan rings is 1. The zero-order chi connectivity index (χ0) is 20.1. The molecule has 2 heterocycles. The van der Waals surface area contributed by atoms with E-state index in [1.165, 1.54) is 17.4 Å². The molecule has 6 nitrogen and oxygen atoms in total. The molecule has 0 aliphatic carbocycles. The van der Waals surface area contributed by atoms with Crippen molar-refractivity contribution in [3.8, 4) is 17.4 Å². The van der Waals surface area contributed by atoms with Gasteiger partial charge in [0, 0.05) is 23.1 Å². The van der Waals surface area contributed by atoms with E-state index in [0.29, 0.717) is 21.7 Å². The summed E-state index contributed by atoms with van der Waals surface area (Å²) in [5.74, 6) is 0.430. The number of aryl methyl sites for hydroxylation is 2. The molecule has 0 aliphatic heterocycles. The van der Waals surface area contributed by atoms with Gasteiger partial charge >= 0.3 is 0 Å². The van der Waals surface area contributed by atoms with Crippen LogP contribution >= 0.6 is 22.9 Å². The van der Waals surface area contributed by atoms with Gasteiger partial charge in [0.25, 0.3) is 5.91 Å². The molecule has 0 fully saturated rings. The minimum absolute atomic E-state index is 0.0879. The van der Waals surface area contributed by atoms with Crippen molar-refractivity contribution < 1.29 is 9.21 Å². The number of benzene rings is 1. The highest BCUT2D eigenvalue weighted by Crippen LogP contribution is 2.27. The number of amides is 1. The minimum atomic E-state index is -0.557. The molecule has 8 heteroatoms. The van der Waals surface area contributed by atoms with Crippen LogP contribution in [0.25, 0.3) is 17.4 Å². The molecule has 0 bridgehead atoms. The number of hydrogen-bond acceptors (Lipinski definition) is 6. The molecule has 3 aromatic rings. The quantitative estimate of drug-likeness (QED) is 0.440. The third-order valence-electron chi connectivity index (χ3n) is 3.89. The van der Waals surface area contributed by atoms with E-state index in [9.17, 15) is 10.1 Å². The number of nitrogens with zero attached hydrogens (tertiary/aromatic N) is 3. The highest BCUT2D eigenvalue weighted by molar-refractivity contribution is 7.15. The average Bonchev–Trinajstić information content (AvgIpc) is 3.32. The van der Waals surface area contributed by atoms with Crippen LogP contribution in [0.3, 0.4) is 0 Å². The standard InChI is InChI=1S/C20H17ClN4O2S/c1-3-4-18-24-25-20(28-18)23-19(26)14(11-22)9-15-7-8-17(27-15)13-6-5-12(2)16(21)10-13/h5-10H,3-4H2,1-2H3,(H,23,25,26)/b14-9-. The molecule has 3 rings (SSSR count). The van der Waals surface area contributed by atoms with Gasteiger partial charge in [-0.05, 0) is 37.1 Å². The number of anilines is 1. The Morgan fingerprint density at radius 3 is 2.89 bits per heavy atom. The zero-order valence-corrected chi connectivity index (χ0v) is 16.9. The first-order valence-corrected chi connectivity index (χ1v) is 9.81. The number of carbonyl (C=O) groups excluding carboxylic acids is 1. The Morgan fingerprint density at radius 1 is 1.36 bits per heavy atom. The predicted molar refractivity (Wildman–Crippen MR) is 110 cm³/mol. The molecule has 2 aromatic heterocycles. The highest BCUT2D eigenvalue weighted by atomic mass is 35.5. The van der Waals surface area contributed by atoms with E-state index < -0.39 is 5.91 Å². The Labute approximate surface area is 171 Å². The maximum atomic E-state index is 12.4.